The Morgan fingerprint density at radius 3 is 2.41 bits per heavy atom. The number of hydrogen-bond donors (Lipinski definition) is 1. The number of halogens is 1. The third-order valence-corrected chi connectivity index (χ3v) is 5.79. The normalized spacial score (nSPS) is 16.3. The summed E-state index contributed by atoms with van der Waals surface area (Å²) in [6, 6.07) is 13.6. The first-order chi connectivity index (χ1) is 14.0. The van der Waals surface area contributed by atoms with Crippen LogP contribution in [-0.2, 0) is 4.79 Å². The number of nitrogens with zero attached hydrogens (tertiary/aromatic N) is 1. The fourth-order valence-electron chi connectivity index (χ4n) is 3.63. The van der Waals surface area contributed by atoms with Gasteiger partial charge in [0.25, 0.3) is 5.91 Å². The van der Waals surface area contributed by atoms with E-state index in [1.165, 1.54) is 18.4 Å². The average Bonchev–Trinajstić information content (AvgIpc) is 3.25. The van der Waals surface area contributed by atoms with Crippen molar-refractivity contribution in [2.75, 3.05) is 26.7 Å². The van der Waals surface area contributed by atoms with E-state index in [0.717, 1.165) is 24.4 Å². The van der Waals surface area contributed by atoms with Gasteiger partial charge in [-0.25, -0.2) is 0 Å². The molecule has 29 heavy (non-hydrogen) atoms. The Morgan fingerprint density at radius 1 is 1.14 bits per heavy atom. The summed E-state index contributed by atoms with van der Waals surface area (Å²) in [5.41, 5.74) is 2.10. The Balaban J connectivity index is 1.62. The van der Waals surface area contributed by atoms with Crippen molar-refractivity contribution in [1.29, 1.82) is 0 Å². The Morgan fingerprint density at radius 2 is 1.79 bits per heavy atom. The van der Waals surface area contributed by atoms with Gasteiger partial charge in [-0.3, -0.25) is 9.69 Å². The van der Waals surface area contributed by atoms with Gasteiger partial charge in [-0.15, -0.1) is 0 Å². The molecule has 5 nitrogen and oxygen atoms in total. The summed E-state index contributed by atoms with van der Waals surface area (Å²) in [5, 5.41) is 3.75. The molecule has 1 amide bonds. The van der Waals surface area contributed by atoms with Gasteiger partial charge in [-0.05, 0) is 81.2 Å². The van der Waals surface area contributed by atoms with E-state index >= 15 is 0 Å². The predicted molar refractivity (Wildman–Crippen MR) is 116 cm³/mol. The second-order valence-corrected chi connectivity index (χ2v) is 7.86. The molecule has 1 aliphatic rings. The van der Waals surface area contributed by atoms with Crippen molar-refractivity contribution in [2.45, 2.75) is 38.8 Å². The van der Waals surface area contributed by atoms with Crippen LogP contribution >= 0.6 is 11.6 Å². The second-order valence-electron chi connectivity index (χ2n) is 7.45. The highest BCUT2D eigenvalue weighted by Crippen LogP contribution is 2.26. The molecule has 1 saturated heterocycles. The monoisotopic (exact) mass is 416 g/mol. The zero-order chi connectivity index (χ0) is 20.8. The van der Waals surface area contributed by atoms with E-state index in [0.29, 0.717) is 17.3 Å². The highest BCUT2D eigenvalue weighted by Gasteiger charge is 2.25. The molecule has 156 valence electrons. The standard InChI is InChI=1S/C23H29ClN2O3/c1-16-14-20(10-11-21(16)24)29-17(2)23(27)25-15-22(26-12-4-5-13-26)18-6-8-19(28-3)9-7-18/h6-11,14,17,22H,4-5,12-13,15H2,1-3H3,(H,25,27)/t17-,22-/m0/s1. The van der Waals surface area contributed by atoms with E-state index in [1.54, 1.807) is 26.2 Å². The summed E-state index contributed by atoms with van der Waals surface area (Å²) in [7, 11) is 1.66. The number of amides is 1. The van der Waals surface area contributed by atoms with E-state index in [4.69, 9.17) is 21.1 Å². The lowest BCUT2D eigenvalue weighted by Crippen LogP contribution is -2.42. The molecular formula is C23H29ClN2O3. The van der Waals surface area contributed by atoms with Crippen molar-refractivity contribution in [1.82, 2.24) is 10.2 Å². The molecule has 0 spiro atoms. The van der Waals surface area contributed by atoms with Crippen molar-refractivity contribution in [3.63, 3.8) is 0 Å². The van der Waals surface area contributed by atoms with E-state index in [1.807, 2.05) is 25.1 Å². The molecule has 0 aromatic heterocycles. The van der Waals surface area contributed by atoms with Gasteiger partial charge in [0.05, 0.1) is 13.2 Å². The summed E-state index contributed by atoms with van der Waals surface area (Å²) < 4.78 is 11.1. The molecule has 0 bridgehead atoms. The van der Waals surface area contributed by atoms with Crippen LogP contribution in [0.2, 0.25) is 5.02 Å². The zero-order valence-corrected chi connectivity index (χ0v) is 18.0. The minimum Gasteiger partial charge on any atom is -0.497 e. The molecule has 1 heterocycles. The third kappa shape index (κ3) is 5.64. The number of carbonyl (C=O) groups excluding carboxylic acids is 1. The highest BCUT2D eigenvalue weighted by molar-refractivity contribution is 6.31. The number of rotatable bonds is 8. The van der Waals surface area contributed by atoms with Crippen LogP contribution in [0.15, 0.2) is 42.5 Å². The van der Waals surface area contributed by atoms with Crippen LogP contribution in [0.25, 0.3) is 0 Å². The van der Waals surface area contributed by atoms with E-state index in [9.17, 15) is 4.79 Å². The van der Waals surface area contributed by atoms with Crippen LogP contribution in [0.5, 0.6) is 11.5 Å². The van der Waals surface area contributed by atoms with Gasteiger partial charge in [-0.1, -0.05) is 23.7 Å². The lowest BCUT2D eigenvalue weighted by molar-refractivity contribution is -0.127. The number of carbonyl (C=O) groups is 1. The first-order valence-electron chi connectivity index (χ1n) is 10.1. The molecule has 6 heteroatoms. The maximum atomic E-state index is 12.6. The molecule has 1 fully saturated rings. The van der Waals surface area contributed by atoms with Crippen LogP contribution < -0.4 is 14.8 Å². The Labute approximate surface area is 177 Å². The Hall–Kier alpha value is -2.24. The third-order valence-electron chi connectivity index (χ3n) is 5.36. The van der Waals surface area contributed by atoms with Crippen molar-refractivity contribution >= 4 is 17.5 Å². The first kappa shape index (κ1) is 21.5. The summed E-state index contributed by atoms with van der Waals surface area (Å²) in [5.74, 6) is 1.34. The molecule has 0 saturated carbocycles. The van der Waals surface area contributed by atoms with Crippen molar-refractivity contribution in [3.8, 4) is 11.5 Å². The maximum absolute atomic E-state index is 12.6. The van der Waals surface area contributed by atoms with Gasteiger partial charge in [0.15, 0.2) is 6.10 Å². The molecule has 1 aliphatic heterocycles. The number of ether oxygens (including phenoxy) is 2. The van der Waals surface area contributed by atoms with Crippen LogP contribution in [-0.4, -0.2) is 43.7 Å². The van der Waals surface area contributed by atoms with Crippen LogP contribution in [0.4, 0.5) is 0 Å². The predicted octanol–water partition coefficient (Wildman–Crippen LogP) is 4.38. The molecule has 2 aromatic rings. The van der Waals surface area contributed by atoms with E-state index in [2.05, 4.69) is 22.3 Å². The van der Waals surface area contributed by atoms with Gasteiger partial charge in [-0.2, -0.15) is 0 Å². The molecular weight excluding hydrogens is 388 g/mol. The minimum atomic E-state index is -0.592. The fourth-order valence-corrected chi connectivity index (χ4v) is 3.74. The van der Waals surface area contributed by atoms with Gasteiger partial charge in [0, 0.05) is 11.6 Å². The van der Waals surface area contributed by atoms with Gasteiger partial charge >= 0.3 is 0 Å². The van der Waals surface area contributed by atoms with E-state index in [-0.39, 0.29) is 11.9 Å². The van der Waals surface area contributed by atoms with Crippen LogP contribution in [0.3, 0.4) is 0 Å². The number of nitrogens with one attached hydrogen (secondary N) is 1. The fraction of sp³-hybridized carbons (Fsp3) is 0.435. The number of hydrogen-bond acceptors (Lipinski definition) is 4. The quantitative estimate of drug-likeness (QED) is 0.693. The average molecular weight is 417 g/mol. The van der Waals surface area contributed by atoms with Gasteiger partial charge < -0.3 is 14.8 Å². The highest BCUT2D eigenvalue weighted by atomic mass is 35.5. The first-order valence-corrected chi connectivity index (χ1v) is 10.4. The Bertz CT molecular complexity index is 819. The molecule has 2 atom stereocenters. The molecule has 2 aromatic carbocycles. The number of likely N-dealkylation sites (tertiary alicyclic amines) is 1. The van der Waals surface area contributed by atoms with Crippen LogP contribution in [0, 0.1) is 6.92 Å². The second kappa shape index (κ2) is 9.99. The summed E-state index contributed by atoms with van der Waals surface area (Å²) in [4.78, 5) is 15.1. The number of methoxy groups -OCH3 is 1. The SMILES string of the molecule is COc1ccc([C@H](CNC(=O)[C@H](C)Oc2ccc(Cl)c(C)c2)N2CCCC2)cc1. The molecule has 0 unspecified atom stereocenters. The summed E-state index contributed by atoms with van der Waals surface area (Å²) in [6.45, 7) is 6.30. The van der Waals surface area contributed by atoms with E-state index < -0.39 is 6.10 Å². The molecule has 0 radical (unpaired) electrons. The Kier molecular flexibility index (Phi) is 7.40. The summed E-state index contributed by atoms with van der Waals surface area (Å²) in [6.07, 6.45) is 1.79. The summed E-state index contributed by atoms with van der Waals surface area (Å²) >= 11 is 6.06. The lowest BCUT2D eigenvalue weighted by Gasteiger charge is -2.29. The zero-order valence-electron chi connectivity index (χ0n) is 17.3. The lowest BCUT2D eigenvalue weighted by atomic mass is 10.1. The van der Waals surface area contributed by atoms with Crippen LogP contribution in [0.1, 0.15) is 36.9 Å². The van der Waals surface area contributed by atoms with Gasteiger partial charge in [0.2, 0.25) is 0 Å². The topological polar surface area (TPSA) is 50.8 Å². The number of benzene rings is 2. The van der Waals surface area contributed by atoms with Crippen molar-refractivity contribution in [2.24, 2.45) is 0 Å². The smallest absolute Gasteiger partial charge is 0.260 e. The largest absolute Gasteiger partial charge is 0.497 e. The molecule has 3 rings (SSSR count). The minimum absolute atomic E-state index is 0.129. The van der Waals surface area contributed by atoms with Gasteiger partial charge in [0.1, 0.15) is 11.5 Å². The van der Waals surface area contributed by atoms with Crippen molar-refractivity contribution in [3.05, 3.63) is 58.6 Å². The maximum Gasteiger partial charge on any atom is 0.260 e. The van der Waals surface area contributed by atoms with Crippen molar-refractivity contribution < 1.29 is 14.3 Å². The number of aryl methyl sites for hydroxylation is 1. The molecule has 0 aliphatic carbocycles. The molecule has 1 N–H and O–H groups in total.